The number of amides is 2. The van der Waals surface area contributed by atoms with Crippen molar-refractivity contribution in [3.05, 3.63) is 59.4 Å². The Labute approximate surface area is 148 Å². The Morgan fingerprint density at radius 1 is 1.19 bits per heavy atom. The summed E-state index contributed by atoms with van der Waals surface area (Å²) in [5, 5.41) is 13.2. The van der Waals surface area contributed by atoms with E-state index in [9.17, 15) is 14.0 Å². The van der Waals surface area contributed by atoms with Crippen molar-refractivity contribution >= 4 is 22.8 Å². The van der Waals surface area contributed by atoms with Crippen LogP contribution in [0.1, 0.15) is 22.3 Å². The van der Waals surface area contributed by atoms with Crippen LogP contribution >= 0.6 is 0 Å². The summed E-state index contributed by atoms with van der Waals surface area (Å²) in [6, 6.07) is 10.5. The van der Waals surface area contributed by atoms with E-state index in [1.165, 1.54) is 12.1 Å². The predicted molar refractivity (Wildman–Crippen MR) is 91.6 cm³/mol. The van der Waals surface area contributed by atoms with E-state index in [1.807, 2.05) is 0 Å². The highest BCUT2D eigenvalue weighted by Crippen LogP contribution is 2.17. The minimum atomic E-state index is -0.559. The van der Waals surface area contributed by atoms with Crippen LogP contribution in [0.4, 0.5) is 4.39 Å². The number of halogens is 1. The fourth-order valence-corrected chi connectivity index (χ4v) is 3.06. The van der Waals surface area contributed by atoms with Crippen molar-refractivity contribution < 1.29 is 14.0 Å². The Morgan fingerprint density at radius 2 is 1.96 bits per heavy atom. The van der Waals surface area contributed by atoms with Gasteiger partial charge in [0, 0.05) is 18.7 Å². The molecular formula is C18H16FN5O2. The molecule has 2 heterocycles. The molecule has 0 aliphatic carbocycles. The van der Waals surface area contributed by atoms with Crippen molar-refractivity contribution in [2.24, 2.45) is 0 Å². The lowest BCUT2D eigenvalue weighted by atomic mass is 10.1. The predicted octanol–water partition coefficient (Wildman–Crippen LogP) is 1.63. The van der Waals surface area contributed by atoms with Gasteiger partial charge in [0.25, 0.3) is 5.91 Å². The molecule has 1 aliphatic heterocycles. The quantitative estimate of drug-likeness (QED) is 0.746. The summed E-state index contributed by atoms with van der Waals surface area (Å²) in [5.74, 6) is -0.766. The number of nitrogens with one attached hydrogen (secondary N) is 2. The summed E-state index contributed by atoms with van der Waals surface area (Å²) in [7, 11) is 0. The lowest BCUT2D eigenvalue weighted by Crippen LogP contribution is -2.41. The van der Waals surface area contributed by atoms with E-state index in [0.717, 1.165) is 5.56 Å². The summed E-state index contributed by atoms with van der Waals surface area (Å²) < 4.78 is 13.0. The van der Waals surface area contributed by atoms with Crippen molar-refractivity contribution in [1.29, 1.82) is 0 Å². The zero-order valence-electron chi connectivity index (χ0n) is 13.8. The van der Waals surface area contributed by atoms with Gasteiger partial charge in [-0.15, -0.1) is 0 Å². The van der Waals surface area contributed by atoms with Gasteiger partial charge >= 0.3 is 0 Å². The number of aromatic amines is 1. The second-order valence-corrected chi connectivity index (χ2v) is 6.23. The molecule has 0 bridgehead atoms. The van der Waals surface area contributed by atoms with Gasteiger partial charge in [0.05, 0.1) is 0 Å². The number of aromatic nitrogens is 3. The molecule has 0 saturated carbocycles. The Morgan fingerprint density at radius 3 is 2.77 bits per heavy atom. The first kappa shape index (κ1) is 16.2. The normalized spacial score (nSPS) is 17.0. The van der Waals surface area contributed by atoms with Crippen LogP contribution in [0.3, 0.4) is 0 Å². The van der Waals surface area contributed by atoms with Crippen molar-refractivity contribution in [2.45, 2.75) is 19.0 Å². The molecule has 0 spiro atoms. The number of rotatable bonds is 4. The standard InChI is InChI=1S/C18H16FN5O2/c19-13-4-1-11(2-5-13)10-24-8-7-15(18(24)26)20-17(25)12-3-6-14-16(9-12)22-23-21-14/h1-6,9,15H,7-8,10H2,(H,20,25)(H,21,22,23). The maximum absolute atomic E-state index is 13.0. The minimum absolute atomic E-state index is 0.134. The van der Waals surface area contributed by atoms with E-state index in [4.69, 9.17) is 0 Å². The van der Waals surface area contributed by atoms with E-state index in [-0.39, 0.29) is 17.6 Å². The van der Waals surface area contributed by atoms with E-state index in [0.29, 0.717) is 36.1 Å². The number of H-pyrrole nitrogens is 1. The molecular weight excluding hydrogens is 337 g/mol. The molecule has 1 unspecified atom stereocenters. The summed E-state index contributed by atoms with van der Waals surface area (Å²) in [6.07, 6.45) is 0.540. The third-order valence-electron chi connectivity index (χ3n) is 4.47. The number of carbonyl (C=O) groups is 2. The summed E-state index contributed by atoms with van der Waals surface area (Å²) >= 11 is 0. The van der Waals surface area contributed by atoms with E-state index in [2.05, 4.69) is 20.7 Å². The number of hydrogen-bond acceptors (Lipinski definition) is 4. The molecule has 1 aliphatic rings. The highest BCUT2D eigenvalue weighted by molar-refractivity contribution is 6.00. The lowest BCUT2D eigenvalue weighted by Gasteiger charge is -2.17. The Balaban J connectivity index is 1.41. The maximum atomic E-state index is 13.0. The van der Waals surface area contributed by atoms with Gasteiger partial charge in [0.15, 0.2) is 0 Å². The molecule has 2 aromatic carbocycles. The SMILES string of the molecule is O=C(NC1CCN(Cc2ccc(F)cc2)C1=O)c1ccc2n[nH]nc2c1. The fourth-order valence-electron chi connectivity index (χ4n) is 3.06. The highest BCUT2D eigenvalue weighted by atomic mass is 19.1. The molecule has 0 radical (unpaired) electrons. The zero-order chi connectivity index (χ0) is 18.1. The van der Waals surface area contributed by atoms with Gasteiger partial charge < -0.3 is 10.2 Å². The smallest absolute Gasteiger partial charge is 0.252 e. The molecule has 3 aromatic rings. The van der Waals surface area contributed by atoms with Gasteiger partial charge in [0.1, 0.15) is 22.9 Å². The van der Waals surface area contributed by atoms with E-state index in [1.54, 1.807) is 35.2 Å². The monoisotopic (exact) mass is 353 g/mol. The van der Waals surface area contributed by atoms with Crippen LogP contribution in [-0.2, 0) is 11.3 Å². The molecule has 1 fully saturated rings. The molecule has 1 atom stereocenters. The zero-order valence-corrected chi connectivity index (χ0v) is 13.8. The number of likely N-dealkylation sites (tertiary alicyclic amines) is 1. The molecule has 2 amide bonds. The van der Waals surface area contributed by atoms with Crippen LogP contribution in [0.5, 0.6) is 0 Å². The Kier molecular flexibility index (Phi) is 4.08. The first-order valence-corrected chi connectivity index (χ1v) is 8.25. The Hall–Kier alpha value is -3.29. The number of hydrogen-bond donors (Lipinski definition) is 2. The third-order valence-corrected chi connectivity index (χ3v) is 4.47. The third kappa shape index (κ3) is 3.13. The fraction of sp³-hybridized carbons (Fsp3) is 0.222. The number of nitrogens with zero attached hydrogens (tertiary/aromatic N) is 3. The Bertz CT molecular complexity index is 969. The van der Waals surface area contributed by atoms with Crippen LogP contribution in [0.2, 0.25) is 0 Å². The molecule has 7 nitrogen and oxygen atoms in total. The van der Waals surface area contributed by atoms with Gasteiger partial charge in [-0.2, -0.15) is 15.4 Å². The largest absolute Gasteiger partial charge is 0.340 e. The van der Waals surface area contributed by atoms with Crippen molar-refractivity contribution in [1.82, 2.24) is 25.6 Å². The average molecular weight is 353 g/mol. The van der Waals surface area contributed by atoms with Gasteiger partial charge in [-0.25, -0.2) is 4.39 Å². The van der Waals surface area contributed by atoms with Gasteiger partial charge in [-0.3, -0.25) is 9.59 Å². The van der Waals surface area contributed by atoms with Gasteiger partial charge in [-0.05, 0) is 42.3 Å². The molecule has 4 rings (SSSR count). The topological polar surface area (TPSA) is 91.0 Å². The molecule has 8 heteroatoms. The number of benzene rings is 2. The first-order valence-electron chi connectivity index (χ1n) is 8.25. The van der Waals surface area contributed by atoms with Crippen LogP contribution in [0, 0.1) is 5.82 Å². The molecule has 1 aromatic heterocycles. The summed E-state index contributed by atoms with van der Waals surface area (Å²) in [6.45, 7) is 0.944. The average Bonchev–Trinajstić information content (AvgIpc) is 3.24. The second kappa shape index (κ2) is 6.55. The van der Waals surface area contributed by atoms with Crippen molar-refractivity contribution in [3.8, 4) is 0 Å². The number of carbonyl (C=O) groups excluding carboxylic acids is 2. The maximum Gasteiger partial charge on any atom is 0.252 e. The highest BCUT2D eigenvalue weighted by Gasteiger charge is 2.32. The summed E-state index contributed by atoms with van der Waals surface area (Å²) in [5.41, 5.74) is 2.54. The van der Waals surface area contributed by atoms with Gasteiger partial charge in [-0.1, -0.05) is 12.1 Å². The van der Waals surface area contributed by atoms with E-state index >= 15 is 0 Å². The number of fused-ring (bicyclic) bond motifs is 1. The van der Waals surface area contributed by atoms with Crippen molar-refractivity contribution in [3.63, 3.8) is 0 Å². The molecule has 1 saturated heterocycles. The molecule has 132 valence electrons. The van der Waals surface area contributed by atoms with Crippen molar-refractivity contribution in [2.75, 3.05) is 6.54 Å². The van der Waals surface area contributed by atoms with Crippen LogP contribution in [-0.4, -0.2) is 44.7 Å². The van der Waals surface area contributed by atoms with Crippen LogP contribution in [0.15, 0.2) is 42.5 Å². The molecule has 26 heavy (non-hydrogen) atoms. The van der Waals surface area contributed by atoms with Gasteiger partial charge in [0.2, 0.25) is 5.91 Å². The summed E-state index contributed by atoms with van der Waals surface area (Å²) in [4.78, 5) is 26.6. The van der Waals surface area contributed by atoms with E-state index < -0.39 is 6.04 Å². The first-order chi connectivity index (χ1) is 12.6. The molecule has 2 N–H and O–H groups in total. The second-order valence-electron chi connectivity index (χ2n) is 6.23. The lowest BCUT2D eigenvalue weighted by molar-refractivity contribution is -0.129. The van der Waals surface area contributed by atoms with Crippen LogP contribution in [0.25, 0.3) is 11.0 Å². The van der Waals surface area contributed by atoms with Crippen LogP contribution < -0.4 is 5.32 Å². The minimum Gasteiger partial charge on any atom is -0.340 e.